The molecule has 3 rings (SSSR count). The monoisotopic (exact) mass is 334 g/mol. The zero-order chi connectivity index (χ0) is 17.0. The summed E-state index contributed by atoms with van der Waals surface area (Å²) >= 11 is 0. The molecular formula is C21H26BNP+. The zero-order valence-corrected chi connectivity index (χ0v) is 15.9. The normalized spacial score (nSPS) is 12.1. The van der Waals surface area contributed by atoms with Crippen molar-refractivity contribution in [1.29, 1.82) is 0 Å². The molecule has 0 aromatic heterocycles. The van der Waals surface area contributed by atoms with E-state index in [-0.39, 0.29) is 7.13 Å². The lowest BCUT2D eigenvalue weighted by molar-refractivity contribution is -0.752. The van der Waals surface area contributed by atoms with Crippen molar-refractivity contribution in [3.05, 3.63) is 91.0 Å². The second-order valence-corrected chi connectivity index (χ2v) is 11.9. The van der Waals surface area contributed by atoms with E-state index >= 15 is 0 Å². The van der Waals surface area contributed by atoms with Gasteiger partial charge in [-0.15, -0.1) is 0 Å². The van der Waals surface area contributed by atoms with Gasteiger partial charge in [-0.05, 0) is 36.4 Å². The predicted molar refractivity (Wildman–Crippen MR) is 112 cm³/mol. The van der Waals surface area contributed by atoms with Crippen molar-refractivity contribution >= 4 is 30.2 Å². The summed E-state index contributed by atoms with van der Waals surface area (Å²) in [5.74, 6) is 0. The highest BCUT2D eigenvalue weighted by Gasteiger charge is 2.44. The third kappa shape index (κ3) is 3.46. The predicted octanol–water partition coefficient (Wildman–Crippen LogP) is 2.69. The van der Waals surface area contributed by atoms with E-state index in [0.29, 0.717) is 0 Å². The average Bonchev–Trinajstić information content (AvgIpc) is 2.61. The average molecular weight is 334 g/mol. The Balaban J connectivity index is 2.33. The second-order valence-electron chi connectivity index (χ2n) is 7.90. The number of hydrogen-bond donors (Lipinski definition) is 0. The first-order valence-corrected chi connectivity index (χ1v) is 10.9. The van der Waals surface area contributed by atoms with Crippen molar-refractivity contribution in [3.63, 3.8) is 0 Å². The lowest BCUT2D eigenvalue weighted by atomic mass is 10.3. The first-order valence-electron chi connectivity index (χ1n) is 8.64. The van der Waals surface area contributed by atoms with Crippen LogP contribution in [-0.4, -0.2) is 32.7 Å². The lowest BCUT2D eigenvalue weighted by Crippen LogP contribution is -2.48. The van der Waals surface area contributed by atoms with Gasteiger partial charge in [0.05, 0.1) is 15.9 Å². The fourth-order valence-corrected chi connectivity index (χ4v) is 9.56. The van der Waals surface area contributed by atoms with E-state index in [0.717, 1.165) is 4.39 Å². The number of rotatable bonds is 5. The standard InChI is InChI=1S/C21H26BNP/c1-23(2,3)22-24(19-13-7-4-8-14-19,20-15-9-5-10-16-20)21-17-11-6-12-18-21/h4-18H,22H2,1-3H3/q+1. The number of hydrogen-bond acceptors (Lipinski definition) is 0. The Bertz CT molecular complexity index is 671. The topological polar surface area (TPSA) is 0 Å². The molecule has 0 saturated heterocycles. The minimum atomic E-state index is -1.58. The molecule has 3 aromatic carbocycles. The summed E-state index contributed by atoms with van der Waals surface area (Å²) in [6, 6.07) is 33.6. The Morgan fingerprint density at radius 1 is 0.542 bits per heavy atom. The van der Waals surface area contributed by atoms with Crippen LogP contribution in [0.4, 0.5) is 0 Å². The Morgan fingerprint density at radius 3 is 1.08 bits per heavy atom. The maximum atomic E-state index is 2.35. The van der Waals surface area contributed by atoms with Crippen LogP contribution < -0.4 is 15.9 Å². The molecule has 0 amide bonds. The summed E-state index contributed by atoms with van der Waals surface area (Å²) in [5.41, 5.74) is 0. The van der Waals surface area contributed by atoms with Gasteiger partial charge in [0.2, 0.25) is 0 Å². The first kappa shape index (κ1) is 17.0. The fourth-order valence-electron chi connectivity index (χ4n) is 3.87. The molecule has 0 N–H and O–H groups in total. The van der Waals surface area contributed by atoms with Crippen molar-refractivity contribution in [1.82, 2.24) is 0 Å². The summed E-state index contributed by atoms with van der Waals surface area (Å²) in [5, 5.41) is 4.53. The van der Waals surface area contributed by atoms with E-state index in [1.165, 1.54) is 15.9 Å². The highest BCUT2D eigenvalue weighted by atomic mass is 31.2. The van der Waals surface area contributed by atoms with Gasteiger partial charge in [0.1, 0.15) is 0 Å². The number of nitrogens with zero attached hydrogens (tertiary/aromatic N) is 1. The van der Waals surface area contributed by atoms with Gasteiger partial charge < -0.3 is 4.39 Å². The second kappa shape index (κ2) is 6.93. The Morgan fingerprint density at radius 2 is 0.833 bits per heavy atom. The molecule has 3 aromatic rings. The quantitative estimate of drug-likeness (QED) is 0.497. The van der Waals surface area contributed by atoms with Gasteiger partial charge in [-0.1, -0.05) is 54.6 Å². The fraction of sp³-hybridized carbons (Fsp3) is 0.143. The van der Waals surface area contributed by atoms with Crippen LogP contribution in [0.15, 0.2) is 91.0 Å². The maximum absolute atomic E-state index is 2.35. The van der Waals surface area contributed by atoms with Gasteiger partial charge in [-0.3, -0.25) is 0 Å². The highest BCUT2D eigenvalue weighted by molar-refractivity contribution is 8.15. The molecule has 1 nitrogen and oxygen atoms in total. The van der Waals surface area contributed by atoms with E-state index in [1.807, 2.05) is 0 Å². The SMILES string of the molecule is C[N+](C)(C)[BH2-][P+](c1ccccc1)(c1ccccc1)c1ccccc1. The summed E-state index contributed by atoms with van der Waals surface area (Å²) < 4.78 is 1.06. The molecule has 0 aliphatic rings. The zero-order valence-electron chi connectivity index (χ0n) is 15.1. The van der Waals surface area contributed by atoms with Gasteiger partial charge in [0.25, 0.3) is 0 Å². The van der Waals surface area contributed by atoms with Crippen LogP contribution in [-0.2, 0) is 0 Å². The molecule has 122 valence electrons. The summed E-state index contributed by atoms with van der Waals surface area (Å²) in [6.07, 6.45) is 0. The molecule has 0 atom stereocenters. The van der Waals surface area contributed by atoms with Crippen molar-refractivity contribution < 1.29 is 4.39 Å². The third-order valence-electron chi connectivity index (χ3n) is 4.72. The third-order valence-corrected chi connectivity index (χ3v) is 10.5. The molecule has 0 bridgehead atoms. The van der Waals surface area contributed by atoms with E-state index in [9.17, 15) is 0 Å². The minimum absolute atomic E-state index is 0.330. The molecule has 0 aliphatic carbocycles. The van der Waals surface area contributed by atoms with Crippen LogP contribution in [0.2, 0.25) is 0 Å². The Hall–Kier alpha value is -1.89. The molecule has 0 unspecified atom stereocenters. The Labute approximate surface area is 147 Å². The first-order chi connectivity index (χ1) is 11.5. The van der Waals surface area contributed by atoms with Crippen LogP contribution in [0.25, 0.3) is 0 Å². The maximum Gasteiger partial charge on any atom is 0.352 e. The van der Waals surface area contributed by atoms with Crippen LogP contribution in [0.3, 0.4) is 0 Å². The van der Waals surface area contributed by atoms with Crippen LogP contribution in [0, 0.1) is 0 Å². The van der Waals surface area contributed by atoms with Crippen LogP contribution in [0.1, 0.15) is 0 Å². The molecule has 0 heterocycles. The summed E-state index contributed by atoms with van der Waals surface area (Å²) in [6.45, 7) is 0. The van der Waals surface area contributed by atoms with Crippen molar-refractivity contribution in [2.45, 2.75) is 0 Å². The molecule has 0 fully saturated rings. The summed E-state index contributed by atoms with van der Waals surface area (Å²) in [7, 11) is 5.14. The number of benzene rings is 3. The smallest absolute Gasteiger partial charge is 0.352 e. The minimum Gasteiger partial charge on any atom is -0.491 e. The van der Waals surface area contributed by atoms with Gasteiger partial charge >= 0.3 is 7.13 Å². The molecule has 0 saturated carbocycles. The van der Waals surface area contributed by atoms with E-state index in [4.69, 9.17) is 0 Å². The van der Waals surface area contributed by atoms with Gasteiger partial charge in [-0.25, -0.2) is 0 Å². The molecule has 0 radical (unpaired) electrons. The highest BCUT2D eigenvalue weighted by Crippen LogP contribution is 2.54. The number of quaternary nitrogens is 1. The van der Waals surface area contributed by atoms with Crippen LogP contribution in [0.5, 0.6) is 0 Å². The van der Waals surface area contributed by atoms with Gasteiger partial charge in [-0.2, -0.15) is 0 Å². The molecule has 3 heteroatoms. The molecule has 0 spiro atoms. The molecule has 0 aliphatic heterocycles. The van der Waals surface area contributed by atoms with Crippen molar-refractivity contribution in [2.24, 2.45) is 0 Å². The van der Waals surface area contributed by atoms with E-state index < -0.39 is 7.14 Å². The Kier molecular flexibility index (Phi) is 4.89. The molecular weight excluding hydrogens is 308 g/mol. The van der Waals surface area contributed by atoms with Crippen molar-refractivity contribution in [3.8, 4) is 0 Å². The van der Waals surface area contributed by atoms with Gasteiger partial charge in [0, 0.05) is 28.3 Å². The van der Waals surface area contributed by atoms with Crippen LogP contribution >= 0.6 is 7.14 Å². The lowest BCUT2D eigenvalue weighted by Gasteiger charge is -2.41. The molecule has 24 heavy (non-hydrogen) atoms. The largest absolute Gasteiger partial charge is 0.491 e. The van der Waals surface area contributed by atoms with Gasteiger partial charge in [0.15, 0.2) is 0 Å². The summed E-state index contributed by atoms with van der Waals surface area (Å²) in [4.78, 5) is 0. The van der Waals surface area contributed by atoms with E-state index in [2.05, 4.69) is 112 Å². The van der Waals surface area contributed by atoms with Crippen molar-refractivity contribution in [2.75, 3.05) is 21.1 Å². The van der Waals surface area contributed by atoms with E-state index in [1.54, 1.807) is 0 Å².